The summed E-state index contributed by atoms with van der Waals surface area (Å²) in [5.41, 5.74) is 2.68. The molecule has 0 amide bonds. The summed E-state index contributed by atoms with van der Waals surface area (Å²) in [5, 5.41) is 3.50. The molecule has 2 nitrogen and oxygen atoms in total. The van der Waals surface area contributed by atoms with Crippen molar-refractivity contribution in [3.63, 3.8) is 0 Å². The van der Waals surface area contributed by atoms with Crippen LogP contribution in [0, 0.1) is 12.8 Å². The molecule has 0 fully saturated rings. The highest BCUT2D eigenvalue weighted by Crippen LogP contribution is 2.16. The second kappa shape index (κ2) is 7.33. The van der Waals surface area contributed by atoms with E-state index in [-0.39, 0.29) is 0 Å². The van der Waals surface area contributed by atoms with E-state index in [1.54, 1.807) is 0 Å². The van der Waals surface area contributed by atoms with Crippen LogP contribution in [0.25, 0.3) is 0 Å². The second-order valence-electron chi connectivity index (χ2n) is 5.14. The number of likely N-dealkylation sites (N-methyl/N-ethyl adjacent to an activating group) is 1. The van der Waals surface area contributed by atoms with Crippen LogP contribution in [0.3, 0.4) is 0 Å². The van der Waals surface area contributed by atoms with Gasteiger partial charge in [0.25, 0.3) is 0 Å². The Labute approximate surface area is 106 Å². The second-order valence-corrected chi connectivity index (χ2v) is 5.14. The molecule has 0 spiro atoms. The zero-order chi connectivity index (χ0) is 12.7. The van der Waals surface area contributed by atoms with Crippen LogP contribution in [0.1, 0.15) is 25.8 Å². The van der Waals surface area contributed by atoms with Gasteiger partial charge in [-0.05, 0) is 37.4 Å². The third-order valence-electron chi connectivity index (χ3n) is 3.05. The van der Waals surface area contributed by atoms with Gasteiger partial charge in [-0.15, -0.1) is 0 Å². The summed E-state index contributed by atoms with van der Waals surface area (Å²) in [7, 11) is 2.16. The fourth-order valence-electron chi connectivity index (χ4n) is 1.87. The lowest BCUT2D eigenvalue weighted by molar-refractivity contribution is 0.539. The Morgan fingerprint density at radius 1 is 1.18 bits per heavy atom. The van der Waals surface area contributed by atoms with E-state index in [9.17, 15) is 0 Å². The number of hydrogen-bond acceptors (Lipinski definition) is 2. The quantitative estimate of drug-likeness (QED) is 0.729. The van der Waals surface area contributed by atoms with Crippen LogP contribution < -0.4 is 10.2 Å². The van der Waals surface area contributed by atoms with Crippen LogP contribution >= 0.6 is 0 Å². The molecule has 17 heavy (non-hydrogen) atoms. The first-order valence-corrected chi connectivity index (χ1v) is 6.58. The van der Waals surface area contributed by atoms with Crippen molar-refractivity contribution in [1.29, 1.82) is 0 Å². The molecule has 0 saturated carbocycles. The number of hydrogen-bond donors (Lipinski definition) is 1. The van der Waals surface area contributed by atoms with Gasteiger partial charge in [0.2, 0.25) is 0 Å². The fraction of sp³-hybridized carbons (Fsp3) is 0.600. The van der Waals surface area contributed by atoms with Gasteiger partial charge in [-0.25, -0.2) is 0 Å². The van der Waals surface area contributed by atoms with E-state index in [0.29, 0.717) is 0 Å². The van der Waals surface area contributed by atoms with Crippen LogP contribution in [0.2, 0.25) is 0 Å². The van der Waals surface area contributed by atoms with Gasteiger partial charge >= 0.3 is 0 Å². The number of aryl methyl sites for hydroxylation is 1. The standard InChI is InChI=1S/C15H26N2/c1-13(2)9-10-16-11-12-17(4)15-8-6-5-7-14(15)3/h5-8,13,16H,9-12H2,1-4H3. The minimum absolute atomic E-state index is 0.789. The predicted molar refractivity (Wildman–Crippen MR) is 76.8 cm³/mol. The first-order chi connectivity index (χ1) is 8.11. The van der Waals surface area contributed by atoms with Crippen LogP contribution in [0.4, 0.5) is 5.69 Å². The van der Waals surface area contributed by atoms with Gasteiger partial charge < -0.3 is 10.2 Å². The van der Waals surface area contributed by atoms with Crippen molar-refractivity contribution in [3.8, 4) is 0 Å². The van der Waals surface area contributed by atoms with E-state index in [1.165, 1.54) is 17.7 Å². The zero-order valence-electron chi connectivity index (χ0n) is 11.7. The van der Waals surface area contributed by atoms with Crippen molar-refractivity contribution >= 4 is 5.69 Å². The van der Waals surface area contributed by atoms with Crippen molar-refractivity contribution in [2.75, 3.05) is 31.6 Å². The molecule has 1 N–H and O–H groups in total. The maximum absolute atomic E-state index is 3.50. The highest BCUT2D eigenvalue weighted by atomic mass is 15.1. The first-order valence-electron chi connectivity index (χ1n) is 6.58. The third-order valence-corrected chi connectivity index (χ3v) is 3.05. The number of para-hydroxylation sites is 1. The first kappa shape index (κ1) is 14.0. The molecule has 0 unspecified atom stereocenters. The summed E-state index contributed by atoms with van der Waals surface area (Å²) in [6.45, 7) is 9.93. The van der Waals surface area contributed by atoms with Crippen molar-refractivity contribution in [2.45, 2.75) is 27.2 Å². The number of nitrogens with one attached hydrogen (secondary N) is 1. The summed E-state index contributed by atoms with van der Waals surface area (Å²) in [4.78, 5) is 2.32. The number of nitrogens with zero attached hydrogens (tertiary/aromatic N) is 1. The summed E-state index contributed by atoms with van der Waals surface area (Å²) in [6.07, 6.45) is 1.26. The zero-order valence-corrected chi connectivity index (χ0v) is 11.7. The van der Waals surface area contributed by atoms with E-state index in [1.807, 2.05) is 0 Å². The van der Waals surface area contributed by atoms with Crippen molar-refractivity contribution in [1.82, 2.24) is 5.32 Å². The van der Waals surface area contributed by atoms with Gasteiger partial charge in [0.1, 0.15) is 0 Å². The molecule has 0 aliphatic rings. The Balaban J connectivity index is 2.26. The molecule has 2 heteroatoms. The highest BCUT2D eigenvalue weighted by Gasteiger charge is 2.02. The molecule has 0 aliphatic heterocycles. The smallest absolute Gasteiger partial charge is 0.0393 e. The molecule has 0 bridgehead atoms. The SMILES string of the molecule is Cc1ccccc1N(C)CCNCCC(C)C. The molecule has 0 atom stereocenters. The minimum atomic E-state index is 0.789. The topological polar surface area (TPSA) is 15.3 Å². The van der Waals surface area contributed by atoms with Gasteiger partial charge in [-0.3, -0.25) is 0 Å². The van der Waals surface area contributed by atoms with Gasteiger partial charge in [0.05, 0.1) is 0 Å². The van der Waals surface area contributed by atoms with Crippen LogP contribution in [-0.2, 0) is 0 Å². The average molecular weight is 234 g/mol. The van der Waals surface area contributed by atoms with Crippen LogP contribution in [-0.4, -0.2) is 26.7 Å². The summed E-state index contributed by atoms with van der Waals surface area (Å²) >= 11 is 0. The lowest BCUT2D eigenvalue weighted by Gasteiger charge is -2.21. The molecule has 1 aromatic rings. The van der Waals surface area contributed by atoms with Gasteiger partial charge in [-0.1, -0.05) is 32.0 Å². The summed E-state index contributed by atoms with van der Waals surface area (Å²) < 4.78 is 0. The molecule has 0 radical (unpaired) electrons. The number of benzene rings is 1. The van der Waals surface area contributed by atoms with E-state index < -0.39 is 0 Å². The summed E-state index contributed by atoms with van der Waals surface area (Å²) in [6, 6.07) is 8.54. The maximum Gasteiger partial charge on any atom is 0.0393 e. The monoisotopic (exact) mass is 234 g/mol. The maximum atomic E-state index is 3.50. The molecule has 0 heterocycles. The van der Waals surface area contributed by atoms with Gasteiger partial charge in [0.15, 0.2) is 0 Å². The number of rotatable bonds is 7. The number of anilines is 1. The Hall–Kier alpha value is -1.02. The van der Waals surface area contributed by atoms with Crippen LogP contribution in [0.5, 0.6) is 0 Å². The molecule has 0 aromatic heterocycles. The normalized spacial score (nSPS) is 10.9. The Morgan fingerprint density at radius 2 is 1.88 bits per heavy atom. The molecule has 0 saturated heterocycles. The van der Waals surface area contributed by atoms with E-state index in [4.69, 9.17) is 0 Å². The third kappa shape index (κ3) is 5.22. The van der Waals surface area contributed by atoms with E-state index in [0.717, 1.165) is 25.6 Å². The van der Waals surface area contributed by atoms with E-state index in [2.05, 4.69) is 62.3 Å². The predicted octanol–water partition coefficient (Wildman–Crippen LogP) is 3.07. The molecule has 1 rings (SSSR count). The Morgan fingerprint density at radius 3 is 2.53 bits per heavy atom. The highest BCUT2D eigenvalue weighted by molar-refractivity contribution is 5.52. The summed E-state index contributed by atoms with van der Waals surface area (Å²) in [5.74, 6) is 0.789. The fourth-order valence-corrected chi connectivity index (χ4v) is 1.87. The lowest BCUT2D eigenvalue weighted by atomic mass is 10.1. The van der Waals surface area contributed by atoms with Crippen molar-refractivity contribution < 1.29 is 0 Å². The van der Waals surface area contributed by atoms with E-state index >= 15 is 0 Å². The van der Waals surface area contributed by atoms with Gasteiger partial charge in [-0.2, -0.15) is 0 Å². The molecule has 0 aliphatic carbocycles. The molecular weight excluding hydrogens is 208 g/mol. The van der Waals surface area contributed by atoms with Gasteiger partial charge in [0, 0.05) is 25.8 Å². The Bertz CT molecular complexity index is 320. The van der Waals surface area contributed by atoms with Crippen LogP contribution in [0.15, 0.2) is 24.3 Å². The average Bonchev–Trinajstić information content (AvgIpc) is 2.28. The largest absolute Gasteiger partial charge is 0.373 e. The van der Waals surface area contributed by atoms with Crippen molar-refractivity contribution in [2.24, 2.45) is 5.92 Å². The Kier molecular flexibility index (Phi) is 6.06. The molecule has 96 valence electrons. The molecular formula is C15H26N2. The van der Waals surface area contributed by atoms with Crippen molar-refractivity contribution in [3.05, 3.63) is 29.8 Å². The minimum Gasteiger partial charge on any atom is -0.373 e. The molecule has 1 aromatic carbocycles. The lowest BCUT2D eigenvalue weighted by Crippen LogP contribution is -2.30.